The first-order chi connectivity index (χ1) is 7.65. The Morgan fingerprint density at radius 1 is 1.06 bits per heavy atom. The monoisotopic (exact) mass is 235 g/mol. The summed E-state index contributed by atoms with van der Waals surface area (Å²) in [5, 5.41) is 0.740. The summed E-state index contributed by atoms with van der Waals surface area (Å²) in [6.45, 7) is 0.813. The van der Waals surface area contributed by atoms with E-state index in [-0.39, 0.29) is 0 Å². The van der Waals surface area contributed by atoms with E-state index in [9.17, 15) is 0 Å². The Morgan fingerprint density at radius 3 is 2.38 bits per heavy atom. The van der Waals surface area contributed by atoms with Crippen LogP contribution in [0.1, 0.15) is 5.76 Å². The van der Waals surface area contributed by atoms with Crippen LogP contribution < -0.4 is 0 Å². The number of nitrogens with zero attached hydrogens (tertiary/aromatic N) is 1. The first-order valence-electron chi connectivity index (χ1n) is 5.14. The van der Waals surface area contributed by atoms with Crippen molar-refractivity contribution in [1.82, 2.24) is 4.90 Å². The van der Waals surface area contributed by atoms with Gasteiger partial charge < -0.3 is 9.32 Å². The highest BCUT2D eigenvalue weighted by atomic mass is 35.5. The minimum atomic E-state index is 0.740. The number of furan rings is 1. The maximum absolute atomic E-state index is 5.84. The third-order valence-corrected chi connectivity index (χ3v) is 2.51. The van der Waals surface area contributed by atoms with Gasteiger partial charge in [-0.1, -0.05) is 11.6 Å². The standard InChI is InChI=1S/C13H14ClNO/c1-15(2)9-12-7-8-13(16-12)10-3-5-11(14)6-4-10/h3-8H,9H2,1-2H3. The first kappa shape index (κ1) is 11.2. The fourth-order valence-corrected chi connectivity index (χ4v) is 1.67. The summed E-state index contributed by atoms with van der Waals surface area (Å²) >= 11 is 5.84. The van der Waals surface area contributed by atoms with Crippen LogP contribution in [0, 0.1) is 0 Å². The highest BCUT2D eigenvalue weighted by molar-refractivity contribution is 6.30. The third kappa shape index (κ3) is 2.65. The molecule has 0 saturated heterocycles. The van der Waals surface area contributed by atoms with Crippen LogP contribution in [0.5, 0.6) is 0 Å². The Hall–Kier alpha value is -1.25. The molecule has 1 aromatic heterocycles. The van der Waals surface area contributed by atoms with Gasteiger partial charge in [-0.3, -0.25) is 0 Å². The molecule has 84 valence electrons. The second-order valence-corrected chi connectivity index (χ2v) is 4.45. The van der Waals surface area contributed by atoms with E-state index in [1.54, 1.807) is 0 Å². The lowest BCUT2D eigenvalue weighted by Gasteiger charge is -2.05. The second-order valence-electron chi connectivity index (χ2n) is 4.01. The lowest BCUT2D eigenvalue weighted by molar-refractivity contribution is 0.353. The zero-order valence-electron chi connectivity index (χ0n) is 9.40. The summed E-state index contributed by atoms with van der Waals surface area (Å²) in [7, 11) is 4.04. The van der Waals surface area contributed by atoms with Gasteiger partial charge in [-0.25, -0.2) is 0 Å². The molecule has 0 aliphatic carbocycles. The molecule has 0 bridgehead atoms. The van der Waals surface area contributed by atoms with E-state index in [4.69, 9.17) is 16.0 Å². The molecule has 2 nitrogen and oxygen atoms in total. The Morgan fingerprint density at radius 2 is 1.75 bits per heavy atom. The number of hydrogen-bond donors (Lipinski definition) is 0. The fraction of sp³-hybridized carbons (Fsp3) is 0.231. The van der Waals surface area contributed by atoms with E-state index in [2.05, 4.69) is 4.90 Å². The minimum absolute atomic E-state index is 0.740. The average Bonchev–Trinajstić information content (AvgIpc) is 2.66. The van der Waals surface area contributed by atoms with E-state index >= 15 is 0 Å². The van der Waals surface area contributed by atoms with E-state index < -0.39 is 0 Å². The molecule has 0 N–H and O–H groups in total. The molecule has 0 unspecified atom stereocenters. The van der Waals surface area contributed by atoms with Gasteiger partial charge in [-0.15, -0.1) is 0 Å². The van der Waals surface area contributed by atoms with Gasteiger partial charge in [0, 0.05) is 10.6 Å². The van der Waals surface area contributed by atoms with E-state index in [1.807, 2.05) is 50.5 Å². The first-order valence-corrected chi connectivity index (χ1v) is 5.52. The van der Waals surface area contributed by atoms with Crippen LogP contribution >= 0.6 is 11.6 Å². The van der Waals surface area contributed by atoms with Crippen molar-refractivity contribution >= 4 is 11.6 Å². The highest BCUT2D eigenvalue weighted by Gasteiger charge is 2.05. The molecular weight excluding hydrogens is 222 g/mol. The van der Waals surface area contributed by atoms with E-state index in [0.29, 0.717) is 0 Å². The number of rotatable bonds is 3. The molecule has 2 aromatic rings. The van der Waals surface area contributed by atoms with Crippen molar-refractivity contribution < 1.29 is 4.42 Å². The smallest absolute Gasteiger partial charge is 0.134 e. The molecule has 0 fully saturated rings. The molecule has 16 heavy (non-hydrogen) atoms. The summed E-state index contributed by atoms with van der Waals surface area (Å²) in [4.78, 5) is 2.07. The van der Waals surface area contributed by atoms with Crippen molar-refractivity contribution in [1.29, 1.82) is 0 Å². The number of benzene rings is 1. The Bertz CT molecular complexity index is 459. The molecule has 0 radical (unpaired) electrons. The zero-order valence-corrected chi connectivity index (χ0v) is 10.2. The van der Waals surface area contributed by atoms with Crippen LogP contribution in [-0.2, 0) is 6.54 Å². The van der Waals surface area contributed by atoms with Crippen molar-refractivity contribution in [2.24, 2.45) is 0 Å². The van der Waals surface area contributed by atoms with Crippen molar-refractivity contribution in [2.75, 3.05) is 14.1 Å². The van der Waals surface area contributed by atoms with Crippen LogP contribution in [-0.4, -0.2) is 19.0 Å². The van der Waals surface area contributed by atoms with Crippen molar-refractivity contribution in [3.05, 3.63) is 47.2 Å². The van der Waals surface area contributed by atoms with Crippen LogP contribution in [0.15, 0.2) is 40.8 Å². The highest BCUT2D eigenvalue weighted by Crippen LogP contribution is 2.24. The SMILES string of the molecule is CN(C)Cc1ccc(-c2ccc(Cl)cc2)o1. The van der Waals surface area contributed by atoms with Crippen molar-refractivity contribution in [3.8, 4) is 11.3 Å². The predicted octanol–water partition coefficient (Wildman–Crippen LogP) is 3.66. The van der Waals surface area contributed by atoms with Crippen LogP contribution in [0.25, 0.3) is 11.3 Å². The quantitative estimate of drug-likeness (QED) is 0.807. The summed E-state index contributed by atoms with van der Waals surface area (Å²) < 4.78 is 5.74. The van der Waals surface area contributed by atoms with Gasteiger partial charge in [0.05, 0.1) is 6.54 Å². The molecule has 0 aliphatic rings. The maximum atomic E-state index is 5.84. The lowest BCUT2D eigenvalue weighted by Crippen LogP contribution is -2.09. The number of hydrogen-bond acceptors (Lipinski definition) is 2. The molecule has 1 heterocycles. The average molecular weight is 236 g/mol. The van der Waals surface area contributed by atoms with Crippen LogP contribution in [0.4, 0.5) is 0 Å². The predicted molar refractivity (Wildman–Crippen MR) is 66.5 cm³/mol. The van der Waals surface area contributed by atoms with Gasteiger partial charge in [0.2, 0.25) is 0 Å². The molecule has 0 saturated carbocycles. The van der Waals surface area contributed by atoms with Gasteiger partial charge in [0.15, 0.2) is 0 Å². The second kappa shape index (κ2) is 4.73. The fourth-order valence-electron chi connectivity index (χ4n) is 1.54. The lowest BCUT2D eigenvalue weighted by atomic mass is 10.2. The third-order valence-electron chi connectivity index (χ3n) is 2.26. The van der Waals surface area contributed by atoms with Crippen LogP contribution in [0.3, 0.4) is 0 Å². The van der Waals surface area contributed by atoms with Gasteiger partial charge in [0.1, 0.15) is 11.5 Å². The number of halogens is 1. The van der Waals surface area contributed by atoms with Gasteiger partial charge in [-0.05, 0) is 50.5 Å². The summed E-state index contributed by atoms with van der Waals surface area (Å²) in [6, 6.07) is 11.6. The Labute approximate surface area is 100 Å². The molecule has 0 atom stereocenters. The van der Waals surface area contributed by atoms with Crippen molar-refractivity contribution in [3.63, 3.8) is 0 Å². The van der Waals surface area contributed by atoms with Gasteiger partial charge in [-0.2, -0.15) is 0 Å². The Balaban J connectivity index is 2.21. The molecule has 0 spiro atoms. The normalized spacial score (nSPS) is 11.0. The largest absolute Gasteiger partial charge is 0.460 e. The van der Waals surface area contributed by atoms with E-state index in [1.165, 1.54) is 0 Å². The van der Waals surface area contributed by atoms with Gasteiger partial charge in [0.25, 0.3) is 0 Å². The molecule has 2 rings (SSSR count). The summed E-state index contributed by atoms with van der Waals surface area (Å²) in [5.41, 5.74) is 1.05. The molecule has 0 aliphatic heterocycles. The Kier molecular flexibility index (Phi) is 3.32. The van der Waals surface area contributed by atoms with E-state index in [0.717, 1.165) is 28.7 Å². The molecule has 1 aromatic carbocycles. The zero-order chi connectivity index (χ0) is 11.5. The molecule has 0 amide bonds. The topological polar surface area (TPSA) is 16.4 Å². The van der Waals surface area contributed by atoms with Crippen molar-refractivity contribution in [2.45, 2.75) is 6.54 Å². The minimum Gasteiger partial charge on any atom is -0.460 e. The van der Waals surface area contributed by atoms with Crippen LogP contribution in [0.2, 0.25) is 5.02 Å². The van der Waals surface area contributed by atoms with Gasteiger partial charge >= 0.3 is 0 Å². The molecular formula is C13H14ClNO. The summed E-state index contributed by atoms with van der Waals surface area (Å²) in [5.74, 6) is 1.85. The molecule has 3 heteroatoms. The maximum Gasteiger partial charge on any atom is 0.134 e. The summed E-state index contributed by atoms with van der Waals surface area (Å²) in [6.07, 6.45) is 0.